The molecule has 0 spiro atoms. The van der Waals surface area contributed by atoms with Crippen molar-refractivity contribution >= 4 is 43.4 Å². The van der Waals surface area contributed by atoms with E-state index >= 15 is 0 Å². The largest absolute Gasteiger partial charge is 0.508 e. The molecule has 0 aliphatic rings. The Balaban J connectivity index is 0.000000142. The van der Waals surface area contributed by atoms with E-state index in [4.69, 9.17) is 0 Å². The number of aromatic nitrogens is 2. The second-order valence-corrected chi connectivity index (χ2v) is 11.3. The van der Waals surface area contributed by atoms with Crippen molar-refractivity contribution in [2.75, 3.05) is 0 Å². The highest BCUT2D eigenvalue weighted by Gasteiger charge is 2.16. The Bertz CT molecular complexity index is 2100. The molecule has 2 unspecified atom stereocenters. The molecule has 0 saturated carbocycles. The van der Waals surface area contributed by atoms with E-state index < -0.39 is 6.10 Å². The average molecular weight is 577 g/mol. The number of hydrogen-bond donors (Lipinski definition) is 5. The van der Waals surface area contributed by atoms with Gasteiger partial charge >= 0.3 is 0 Å². The molecule has 2 heterocycles. The van der Waals surface area contributed by atoms with Gasteiger partial charge in [-0.15, -0.1) is 0 Å². The van der Waals surface area contributed by atoms with Gasteiger partial charge in [0.1, 0.15) is 17.6 Å². The number of phenolic OH excluding ortho intramolecular Hbond substituents is 2. The van der Waals surface area contributed by atoms with Crippen LogP contribution in [0.1, 0.15) is 41.2 Å². The zero-order valence-corrected chi connectivity index (χ0v) is 24.2. The summed E-state index contributed by atoms with van der Waals surface area (Å²) in [4.78, 5) is 6.54. The van der Waals surface area contributed by atoms with E-state index in [1.165, 1.54) is 22.0 Å². The predicted octanol–water partition coefficient (Wildman–Crippen LogP) is 9.29. The number of hydrogen-bond acceptors (Lipinski definition) is 3. The molecule has 2 aromatic heterocycles. The summed E-state index contributed by atoms with van der Waals surface area (Å²) in [5, 5.41) is 36.3. The number of rotatable bonds is 4. The van der Waals surface area contributed by atoms with Crippen LogP contribution in [0.2, 0.25) is 0 Å². The number of H-pyrrole nitrogens is 2. The average Bonchev–Trinajstić information content (AvgIpc) is 3.69. The van der Waals surface area contributed by atoms with Gasteiger partial charge < -0.3 is 25.3 Å². The van der Waals surface area contributed by atoms with Crippen molar-refractivity contribution < 1.29 is 15.3 Å². The third kappa shape index (κ3) is 5.14. The van der Waals surface area contributed by atoms with Gasteiger partial charge in [-0.3, -0.25) is 0 Å². The lowest BCUT2D eigenvalue weighted by atomic mass is 9.91. The lowest BCUT2D eigenvalue weighted by Crippen LogP contribution is -1.98. The van der Waals surface area contributed by atoms with Crippen LogP contribution in [0.25, 0.3) is 43.4 Å². The highest BCUT2D eigenvalue weighted by atomic mass is 16.3. The summed E-state index contributed by atoms with van der Waals surface area (Å²) in [6, 6.07) is 39.3. The summed E-state index contributed by atoms with van der Waals surface area (Å²) in [6.45, 7) is 2.23. The molecular formula is C39H32N2O3. The van der Waals surface area contributed by atoms with E-state index in [9.17, 15) is 15.3 Å². The first-order valence-electron chi connectivity index (χ1n) is 14.7. The summed E-state index contributed by atoms with van der Waals surface area (Å²) < 4.78 is 0. The van der Waals surface area contributed by atoms with Crippen molar-refractivity contribution in [3.05, 3.63) is 156 Å². The summed E-state index contributed by atoms with van der Waals surface area (Å²) in [6.07, 6.45) is 3.28. The van der Waals surface area contributed by atoms with Crippen LogP contribution in [-0.4, -0.2) is 25.3 Å². The van der Waals surface area contributed by atoms with Crippen LogP contribution in [0.15, 0.2) is 134 Å². The molecule has 0 fully saturated rings. The van der Waals surface area contributed by atoms with Crippen LogP contribution in [-0.2, 0) is 0 Å². The standard InChI is InChI=1S/C20H17NO.C19H15NO2/c1-13(19-12-21-20-5-3-2-4-18(19)20)14-6-7-16-11-17(22)9-8-15(16)10-14;21-15-8-7-12-9-14(6-5-13(12)10-15)19(22)17-11-20-18-4-2-1-3-16(17)18/h2-13,21-22H,1H3;1-11,19-22H. The van der Waals surface area contributed by atoms with E-state index in [1.54, 1.807) is 24.3 Å². The molecule has 5 nitrogen and oxygen atoms in total. The maximum Gasteiger partial charge on any atom is 0.116 e. The number of aliphatic hydroxyl groups excluding tert-OH is 1. The minimum atomic E-state index is -0.686. The van der Waals surface area contributed by atoms with Gasteiger partial charge in [-0.2, -0.15) is 0 Å². The Morgan fingerprint density at radius 2 is 0.955 bits per heavy atom. The summed E-state index contributed by atoms with van der Waals surface area (Å²) >= 11 is 0. The first-order valence-corrected chi connectivity index (χ1v) is 14.7. The number of phenols is 2. The highest BCUT2D eigenvalue weighted by Crippen LogP contribution is 2.33. The fourth-order valence-electron chi connectivity index (χ4n) is 6.07. The van der Waals surface area contributed by atoms with Crippen molar-refractivity contribution in [3.63, 3.8) is 0 Å². The number of aliphatic hydroxyl groups is 1. The van der Waals surface area contributed by atoms with Crippen LogP contribution in [0.4, 0.5) is 0 Å². The van der Waals surface area contributed by atoms with E-state index in [-0.39, 0.29) is 5.75 Å². The quantitative estimate of drug-likeness (QED) is 0.145. The monoisotopic (exact) mass is 576 g/mol. The van der Waals surface area contributed by atoms with Gasteiger partial charge in [0.15, 0.2) is 0 Å². The zero-order chi connectivity index (χ0) is 30.2. The normalized spacial score (nSPS) is 12.8. The summed E-state index contributed by atoms with van der Waals surface area (Å²) in [5.74, 6) is 0.872. The Morgan fingerprint density at radius 3 is 1.57 bits per heavy atom. The molecule has 5 heteroatoms. The Labute approximate surface area is 254 Å². The molecule has 6 aromatic carbocycles. The Morgan fingerprint density at radius 1 is 0.500 bits per heavy atom. The number of fused-ring (bicyclic) bond motifs is 4. The number of para-hydroxylation sites is 2. The second-order valence-electron chi connectivity index (χ2n) is 11.3. The maximum atomic E-state index is 10.7. The first-order chi connectivity index (χ1) is 21.4. The van der Waals surface area contributed by atoms with Crippen molar-refractivity contribution in [1.82, 2.24) is 9.97 Å². The lowest BCUT2D eigenvalue weighted by molar-refractivity contribution is 0.222. The smallest absolute Gasteiger partial charge is 0.116 e. The lowest BCUT2D eigenvalue weighted by Gasteiger charge is -2.12. The van der Waals surface area contributed by atoms with E-state index in [0.29, 0.717) is 11.7 Å². The van der Waals surface area contributed by atoms with Gasteiger partial charge in [0.05, 0.1) is 0 Å². The molecule has 8 rings (SSSR count). The SMILES string of the molecule is CC(c1ccc2cc(O)ccc2c1)c1c[nH]c2ccccc12.Oc1ccc2cc(C(O)c3c[nH]c4ccccc34)ccc2c1. The topological polar surface area (TPSA) is 92.3 Å². The van der Waals surface area contributed by atoms with Crippen LogP contribution in [0.5, 0.6) is 11.5 Å². The van der Waals surface area contributed by atoms with Gasteiger partial charge in [-0.05, 0) is 80.7 Å². The van der Waals surface area contributed by atoms with Crippen molar-refractivity contribution in [1.29, 1.82) is 0 Å². The molecule has 0 aliphatic heterocycles. The van der Waals surface area contributed by atoms with Gasteiger partial charge in [-0.25, -0.2) is 0 Å². The maximum absolute atomic E-state index is 10.7. The summed E-state index contributed by atoms with van der Waals surface area (Å²) in [7, 11) is 0. The van der Waals surface area contributed by atoms with Gasteiger partial charge in [0, 0.05) is 45.7 Å². The Hall–Kier alpha value is -5.52. The minimum Gasteiger partial charge on any atom is -0.508 e. The fraction of sp³-hybridized carbons (Fsp3) is 0.0769. The van der Waals surface area contributed by atoms with Crippen LogP contribution >= 0.6 is 0 Å². The zero-order valence-electron chi connectivity index (χ0n) is 24.2. The summed E-state index contributed by atoms with van der Waals surface area (Å²) in [5.41, 5.74) is 6.49. The Kier molecular flexibility index (Phi) is 7.01. The minimum absolute atomic E-state index is 0.248. The molecule has 216 valence electrons. The van der Waals surface area contributed by atoms with Crippen molar-refractivity contribution in [2.45, 2.75) is 18.9 Å². The van der Waals surface area contributed by atoms with Crippen LogP contribution < -0.4 is 0 Å². The predicted molar refractivity (Wildman–Crippen MR) is 179 cm³/mol. The van der Waals surface area contributed by atoms with Crippen molar-refractivity contribution in [2.24, 2.45) is 0 Å². The molecule has 0 radical (unpaired) electrons. The number of aromatic hydroxyl groups is 2. The highest BCUT2D eigenvalue weighted by molar-refractivity contribution is 5.88. The number of benzene rings is 6. The van der Waals surface area contributed by atoms with E-state index in [2.05, 4.69) is 65.6 Å². The first kappa shape index (κ1) is 27.3. The van der Waals surface area contributed by atoms with Gasteiger partial charge in [-0.1, -0.05) is 85.8 Å². The van der Waals surface area contributed by atoms with Crippen LogP contribution in [0.3, 0.4) is 0 Å². The molecule has 44 heavy (non-hydrogen) atoms. The third-order valence-corrected chi connectivity index (χ3v) is 8.52. The van der Waals surface area contributed by atoms with E-state index in [0.717, 1.165) is 43.6 Å². The number of nitrogens with one attached hydrogen (secondary N) is 2. The molecular weight excluding hydrogens is 544 g/mol. The second kappa shape index (κ2) is 11.3. The molecule has 5 N–H and O–H groups in total. The molecule has 0 aliphatic carbocycles. The van der Waals surface area contributed by atoms with E-state index in [1.807, 2.05) is 60.8 Å². The third-order valence-electron chi connectivity index (χ3n) is 8.52. The molecule has 8 aromatic rings. The van der Waals surface area contributed by atoms with Gasteiger partial charge in [0.2, 0.25) is 0 Å². The molecule has 0 amide bonds. The molecule has 2 atom stereocenters. The van der Waals surface area contributed by atoms with Crippen molar-refractivity contribution in [3.8, 4) is 11.5 Å². The molecule has 0 bridgehead atoms. The molecule has 0 saturated heterocycles. The van der Waals surface area contributed by atoms with Gasteiger partial charge in [0.25, 0.3) is 0 Å². The number of aromatic amines is 2. The fourth-order valence-corrected chi connectivity index (χ4v) is 6.07. The van der Waals surface area contributed by atoms with Crippen LogP contribution in [0, 0.1) is 0 Å².